The van der Waals surface area contributed by atoms with Crippen LogP contribution in [-0.4, -0.2) is 15.0 Å². The molecule has 0 fully saturated rings. The summed E-state index contributed by atoms with van der Waals surface area (Å²) in [5, 5.41) is 3.47. The van der Waals surface area contributed by atoms with E-state index >= 15 is 0 Å². The molecule has 2 unspecified atom stereocenters. The fraction of sp³-hybridized carbons (Fsp3) is 0.308. The van der Waals surface area contributed by atoms with Gasteiger partial charge in [0.25, 0.3) is 0 Å². The van der Waals surface area contributed by atoms with Crippen molar-refractivity contribution in [2.45, 2.75) is 25.9 Å². The zero-order valence-corrected chi connectivity index (χ0v) is 10.0. The molecule has 0 radical (unpaired) electrons. The summed E-state index contributed by atoms with van der Waals surface area (Å²) in [5.41, 5.74) is 2.12. The van der Waals surface area contributed by atoms with Crippen molar-refractivity contribution in [1.82, 2.24) is 20.3 Å². The lowest BCUT2D eigenvalue weighted by molar-refractivity contribution is 0.484. The summed E-state index contributed by atoms with van der Waals surface area (Å²) in [4.78, 5) is 12.5. The molecule has 1 N–H and O–H groups in total. The van der Waals surface area contributed by atoms with Crippen LogP contribution in [0.4, 0.5) is 0 Å². The van der Waals surface area contributed by atoms with Gasteiger partial charge in [-0.3, -0.25) is 15.0 Å². The molecule has 2 heterocycles. The largest absolute Gasteiger partial charge is 0.302 e. The minimum Gasteiger partial charge on any atom is -0.302 e. The maximum Gasteiger partial charge on any atom is 0.0753 e. The average molecular weight is 228 g/mol. The molecule has 0 aromatic carbocycles. The first-order valence-electron chi connectivity index (χ1n) is 5.69. The van der Waals surface area contributed by atoms with Crippen molar-refractivity contribution in [3.05, 3.63) is 54.4 Å². The Kier molecular flexibility index (Phi) is 3.77. The van der Waals surface area contributed by atoms with Gasteiger partial charge >= 0.3 is 0 Å². The first-order chi connectivity index (χ1) is 8.27. The highest BCUT2D eigenvalue weighted by atomic mass is 15.0. The van der Waals surface area contributed by atoms with E-state index in [0.29, 0.717) is 0 Å². The molecule has 4 nitrogen and oxygen atoms in total. The molecular weight excluding hydrogens is 212 g/mol. The number of rotatable bonds is 4. The Bertz CT molecular complexity index is 400. The predicted molar refractivity (Wildman–Crippen MR) is 66.2 cm³/mol. The minimum atomic E-state index is 0.166. The molecule has 88 valence electrons. The molecule has 0 saturated carbocycles. The SMILES string of the molecule is CC(NC(C)c1cnccn1)c1cccnc1. The highest BCUT2D eigenvalue weighted by Crippen LogP contribution is 2.16. The highest BCUT2D eigenvalue weighted by Gasteiger charge is 2.11. The second-order valence-corrected chi connectivity index (χ2v) is 4.03. The van der Waals surface area contributed by atoms with Crippen molar-refractivity contribution in [3.8, 4) is 0 Å². The first-order valence-corrected chi connectivity index (χ1v) is 5.69. The number of aromatic nitrogens is 3. The Hall–Kier alpha value is -1.81. The van der Waals surface area contributed by atoms with E-state index in [4.69, 9.17) is 0 Å². The van der Waals surface area contributed by atoms with Crippen LogP contribution in [0.2, 0.25) is 0 Å². The molecule has 0 spiro atoms. The molecule has 2 aromatic rings. The van der Waals surface area contributed by atoms with Crippen LogP contribution in [0, 0.1) is 0 Å². The van der Waals surface area contributed by atoms with Gasteiger partial charge in [0.1, 0.15) is 0 Å². The summed E-state index contributed by atoms with van der Waals surface area (Å²) in [6.07, 6.45) is 8.83. The zero-order chi connectivity index (χ0) is 12.1. The van der Waals surface area contributed by atoms with E-state index in [2.05, 4.69) is 40.2 Å². The second-order valence-electron chi connectivity index (χ2n) is 4.03. The maximum atomic E-state index is 4.28. The molecule has 4 heteroatoms. The van der Waals surface area contributed by atoms with Gasteiger partial charge in [-0.25, -0.2) is 0 Å². The number of hydrogen-bond acceptors (Lipinski definition) is 4. The van der Waals surface area contributed by atoms with Crippen molar-refractivity contribution in [1.29, 1.82) is 0 Å². The molecule has 17 heavy (non-hydrogen) atoms. The van der Waals surface area contributed by atoms with E-state index in [0.717, 1.165) is 5.69 Å². The van der Waals surface area contributed by atoms with Crippen molar-refractivity contribution in [2.75, 3.05) is 0 Å². The van der Waals surface area contributed by atoms with Crippen molar-refractivity contribution in [2.24, 2.45) is 0 Å². The standard InChI is InChI=1S/C13H16N4/c1-10(12-4-3-5-14-8-12)17-11(2)13-9-15-6-7-16-13/h3-11,17H,1-2H3. The van der Waals surface area contributed by atoms with Crippen LogP contribution in [0.5, 0.6) is 0 Å². The molecule has 0 aliphatic carbocycles. The fourth-order valence-electron chi connectivity index (χ4n) is 1.72. The van der Waals surface area contributed by atoms with Crippen LogP contribution >= 0.6 is 0 Å². The van der Waals surface area contributed by atoms with E-state index in [9.17, 15) is 0 Å². The van der Waals surface area contributed by atoms with Crippen molar-refractivity contribution < 1.29 is 0 Å². The van der Waals surface area contributed by atoms with Crippen LogP contribution in [0.25, 0.3) is 0 Å². The molecule has 0 aliphatic rings. The smallest absolute Gasteiger partial charge is 0.0753 e. The molecule has 2 atom stereocenters. The Balaban J connectivity index is 2.02. The minimum absolute atomic E-state index is 0.166. The van der Waals surface area contributed by atoms with Gasteiger partial charge in [0, 0.05) is 43.1 Å². The molecule has 0 amide bonds. The molecular formula is C13H16N4. The molecule has 2 aromatic heterocycles. The molecule has 0 bridgehead atoms. The lowest BCUT2D eigenvalue weighted by atomic mass is 10.1. The van der Waals surface area contributed by atoms with Crippen molar-refractivity contribution in [3.63, 3.8) is 0 Å². The van der Waals surface area contributed by atoms with Gasteiger partial charge in [0.05, 0.1) is 5.69 Å². The third kappa shape index (κ3) is 3.07. The van der Waals surface area contributed by atoms with Gasteiger partial charge in [-0.1, -0.05) is 6.07 Å². The normalized spacial score (nSPS) is 14.2. The quantitative estimate of drug-likeness (QED) is 0.872. The lowest BCUT2D eigenvalue weighted by Crippen LogP contribution is -2.23. The van der Waals surface area contributed by atoms with Crippen LogP contribution in [-0.2, 0) is 0 Å². The summed E-state index contributed by atoms with van der Waals surface area (Å²) in [6, 6.07) is 4.41. The van der Waals surface area contributed by atoms with Gasteiger partial charge in [0.2, 0.25) is 0 Å². The summed E-state index contributed by atoms with van der Waals surface area (Å²) in [6.45, 7) is 4.20. The van der Waals surface area contributed by atoms with Crippen LogP contribution in [0.15, 0.2) is 43.1 Å². The van der Waals surface area contributed by atoms with E-state index in [1.807, 2.05) is 12.3 Å². The third-order valence-electron chi connectivity index (χ3n) is 2.71. The number of nitrogens with zero attached hydrogens (tertiary/aromatic N) is 3. The fourth-order valence-corrected chi connectivity index (χ4v) is 1.72. The average Bonchev–Trinajstić information content (AvgIpc) is 2.40. The Morgan fingerprint density at radius 2 is 1.82 bits per heavy atom. The van der Waals surface area contributed by atoms with Gasteiger partial charge in [-0.15, -0.1) is 0 Å². The summed E-state index contributed by atoms with van der Waals surface area (Å²) >= 11 is 0. The second kappa shape index (κ2) is 5.50. The Morgan fingerprint density at radius 3 is 2.47 bits per heavy atom. The van der Waals surface area contributed by atoms with E-state index in [1.54, 1.807) is 24.8 Å². The topological polar surface area (TPSA) is 50.7 Å². The van der Waals surface area contributed by atoms with E-state index < -0.39 is 0 Å². The highest BCUT2D eigenvalue weighted by molar-refractivity contribution is 5.14. The maximum absolute atomic E-state index is 4.28. The third-order valence-corrected chi connectivity index (χ3v) is 2.71. The monoisotopic (exact) mass is 228 g/mol. The van der Waals surface area contributed by atoms with E-state index in [-0.39, 0.29) is 12.1 Å². The Morgan fingerprint density at radius 1 is 1.00 bits per heavy atom. The Labute approximate surface area is 101 Å². The number of nitrogens with one attached hydrogen (secondary N) is 1. The van der Waals surface area contributed by atoms with Gasteiger partial charge in [-0.05, 0) is 25.5 Å². The summed E-state index contributed by atoms with van der Waals surface area (Å²) in [5.74, 6) is 0. The predicted octanol–water partition coefficient (Wildman–Crippen LogP) is 2.28. The van der Waals surface area contributed by atoms with Crippen LogP contribution < -0.4 is 5.32 Å². The van der Waals surface area contributed by atoms with Gasteiger partial charge in [0.15, 0.2) is 0 Å². The molecule has 0 aliphatic heterocycles. The van der Waals surface area contributed by atoms with Gasteiger partial charge < -0.3 is 5.32 Å². The number of hydrogen-bond donors (Lipinski definition) is 1. The lowest BCUT2D eigenvalue weighted by Gasteiger charge is -2.19. The molecule has 0 saturated heterocycles. The molecule has 2 rings (SSSR count). The van der Waals surface area contributed by atoms with E-state index in [1.165, 1.54) is 5.56 Å². The summed E-state index contributed by atoms with van der Waals surface area (Å²) in [7, 11) is 0. The number of pyridine rings is 1. The first kappa shape index (κ1) is 11.7. The summed E-state index contributed by atoms with van der Waals surface area (Å²) < 4.78 is 0. The van der Waals surface area contributed by atoms with Crippen molar-refractivity contribution >= 4 is 0 Å². The van der Waals surface area contributed by atoms with Crippen LogP contribution in [0.1, 0.15) is 37.2 Å². The van der Waals surface area contributed by atoms with Crippen LogP contribution in [0.3, 0.4) is 0 Å². The van der Waals surface area contributed by atoms with Gasteiger partial charge in [-0.2, -0.15) is 0 Å². The zero-order valence-electron chi connectivity index (χ0n) is 10.0.